The zero-order valence-electron chi connectivity index (χ0n) is 19.0. The quantitative estimate of drug-likeness (QED) is 0.304. The van der Waals surface area contributed by atoms with Crippen molar-refractivity contribution in [1.82, 2.24) is 35.3 Å². The third-order valence-electron chi connectivity index (χ3n) is 5.71. The zero-order valence-corrected chi connectivity index (χ0v) is 19.9. The first-order valence-corrected chi connectivity index (χ1v) is 11.8. The maximum Gasteiger partial charge on any atom is 0.223 e. The summed E-state index contributed by atoms with van der Waals surface area (Å²) in [5.74, 6) is -0.746. The average molecular weight is 493 g/mol. The Labute approximate surface area is 204 Å². The van der Waals surface area contributed by atoms with Gasteiger partial charge in [-0.3, -0.25) is 4.68 Å². The second-order valence-electron chi connectivity index (χ2n) is 7.92. The minimum Gasteiger partial charge on any atom is -0.352 e. The van der Waals surface area contributed by atoms with Crippen molar-refractivity contribution in [1.29, 1.82) is 0 Å². The van der Waals surface area contributed by atoms with Gasteiger partial charge < -0.3 is 10.6 Å². The third kappa shape index (κ3) is 4.73. The summed E-state index contributed by atoms with van der Waals surface area (Å²) in [6, 6.07) is 9.11. The molecule has 5 aromatic rings. The summed E-state index contributed by atoms with van der Waals surface area (Å²) in [5.41, 5.74) is 2.69. The van der Waals surface area contributed by atoms with E-state index in [9.17, 15) is 8.78 Å². The molecule has 178 valence electrons. The van der Waals surface area contributed by atoms with Crippen LogP contribution in [0.15, 0.2) is 55.1 Å². The van der Waals surface area contributed by atoms with E-state index in [0.717, 1.165) is 33.0 Å². The Bertz CT molecular complexity index is 1470. The zero-order chi connectivity index (χ0) is 24.4. The predicted octanol–water partition coefficient (Wildman–Crippen LogP) is 4.68. The number of rotatable bonds is 8. The lowest BCUT2D eigenvalue weighted by Gasteiger charge is -2.16. The van der Waals surface area contributed by atoms with E-state index in [4.69, 9.17) is 0 Å². The van der Waals surface area contributed by atoms with Crippen molar-refractivity contribution in [3.63, 3.8) is 0 Å². The Hall–Kier alpha value is -3.83. The molecule has 0 amide bonds. The fourth-order valence-electron chi connectivity index (χ4n) is 3.83. The number of benzene rings is 1. The lowest BCUT2D eigenvalue weighted by Crippen LogP contribution is -2.14. The van der Waals surface area contributed by atoms with E-state index in [0.29, 0.717) is 23.9 Å². The van der Waals surface area contributed by atoms with E-state index in [1.54, 1.807) is 23.3 Å². The fourth-order valence-corrected chi connectivity index (χ4v) is 5.00. The second-order valence-corrected chi connectivity index (χ2v) is 8.97. The van der Waals surface area contributed by atoms with Crippen molar-refractivity contribution in [2.45, 2.75) is 19.5 Å². The van der Waals surface area contributed by atoms with Crippen molar-refractivity contribution < 1.29 is 8.78 Å². The molecular weight excluding hydrogens is 470 g/mol. The van der Waals surface area contributed by atoms with Crippen LogP contribution >= 0.6 is 11.3 Å². The number of pyridine rings is 1. The van der Waals surface area contributed by atoms with Gasteiger partial charge in [-0.25, -0.2) is 19.3 Å². The molecule has 2 N–H and O–H groups in total. The van der Waals surface area contributed by atoms with E-state index in [1.165, 1.54) is 17.4 Å². The van der Waals surface area contributed by atoms with Crippen LogP contribution in [0.3, 0.4) is 0 Å². The molecule has 35 heavy (non-hydrogen) atoms. The molecule has 0 bridgehead atoms. The van der Waals surface area contributed by atoms with Gasteiger partial charge in [-0.2, -0.15) is 4.39 Å². The van der Waals surface area contributed by atoms with E-state index in [-0.39, 0.29) is 11.7 Å². The van der Waals surface area contributed by atoms with Gasteiger partial charge >= 0.3 is 0 Å². The van der Waals surface area contributed by atoms with Crippen LogP contribution in [0.25, 0.3) is 31.8 Å². The Kier molecular flexibility index (Phi) is 6.43. The van der Waals surface area contributed by atoms with Crippen LogP contribution in [0.5, 0.6) is 0 Å². The van der Waals surface area contributed by atoms with E-state index < -0.39 is 11.8 Å². The maximum absolute atomic E-state index is 14.8. The highest BCUT2D eigenvalue weighted by Gasteiger charge is 2.18. The molecular formula is C24H22F2N8S. The molecule has 4 heterocycles. The van der Waals surface area contributed by atoms with Crippen molar-refractivity contribution >= 4 is 27.4 Å². The van der Waals surface area contributed by atoms with Crippen molar-refractivity contribution in [2.75, 3.05) is 18.9 Å². The number of hydrogen-bond donors (Lipinski definition) is 2. The topological polar surface area (TPSA) is 93.4 Å². The molecule has 1 unspecified atom stereocenters. The van der Waals surface area contributed by atoms with Gasteiger partial charge in [0.15, 0.2) is 5.82 Å². The number of anilines is 1. The smallest absolute Gasteiger partial charge is 0.223 e. The molecule has 0 aliphatic heterocycles. The fraction of sp³-hybridized carbons (Fsp3) is 0.208. The minimum atomic E-state index is -0.552. The summed E-state index contributed by atoms with van der Waals surface area (Å²) in [6.07, 6.45) is 6.08. The van der Waals surface area contributed by atoms with Gasteiger partial charge in [0.1, 0.15) is 5.69 Å². The number of halogens is 2. The number of aromatic nitrogens is 6. The van der Waals surface area contributed by atoms with E-state index in [1.807, 2.05) is 38.2 Å². The molecule has 0 aliphatic rings. The van der Waals surface area contributed by atoms with Crippen molar-refractivity contribution in [3.05, 3.63) is 72.4 Å². The highest BCUT2D eigenvalue weighted by Crippen LogP contribution is 2.41. The molecule has 0 saturated heterocycles. The monoisotopic (exact) mass is 492 g/mol. The first-order valence-electron chi connectivity index (χ1n) is 11.0. The normalized spacial score (nSPS) is 12.2. The third-order valence-corrected chi connectivity index (χ3v) is 6.90. The van der Waals surface area contributed by atoms with Gasteiger partial charge in [0, 0.05) is 41.3 Å². The van der Waals surface area contributed by atoms with Crippen LogP contribution in [0.1, 0.15) is 18.5 Å². The molecule has 0 aliphatic carbocycles. The summed E-state index contributed by atoms with van der Waals surface area (Å²) in [7, 11) is 1.84. The Balaban J connectivity index is 1.51. The molecule has 4 aromatic heterocycles. The predicted molar refractivity (Wildman–Crippen MR) is 132 cm³/mol. The molecule has 0 fully saturated rings. The molecule has 1 atom stereocenters. The first kappa shape index (κ1) is 22.9. The molecule has 0 spiro atoms. The Morgan fingerprint density at radius 1 is 1.11 bits per heavy atom. The SMILES string of the molecule is CNC(C)c1cnc(F)cc1-c1cccc2cc(-c3nc(NCCn4ccnn4)ncc3F)sc12. The van der Waals surface area contributed by atoms with Crippen LogP contribution in [0, 0.1) is 11.8 Å². The summed E-state index contributed by atoms with van der Waals surface area (Å²) in [6.45, 7) is 3.06. The molecule has 0 saturated carbocycles. The summed E-state index contributed by atoms with van der Waals surface area (Å²) in [4.78, 5) is 13.0. The minimum absolute atomic E-state index is 0.0294. The summed E-state index contributed by atoms with van der Waals surface area (Å²) in [5, 5.41) is 14.9. The highest BCUT2D eigenvalue weighted by atomic mass is 32.1. The van der Waals surface area contributed by atoms with E-state index in [2.05, 4.69) is 35.9 Å². The number of nitrogens with one attached hydrogen (secondary N) is 2. The summed E-state index contributed by atoms with van der Waals surface area (Å²) < 4.78 is 31.5. The second kappa shape index (κ2) is 9.80. The molecule has 11 heteroatoms. The lowest BCUT2D eigenvalue weighted by molar-refractivity contribution is 0.577. The van der Waals surface area contributed by atoms with Crippen molar-refractivity contribution in [3.8, 4) is 21.7 Å². The largest absolute Gasteiger partial charge is 0.352 e. The first-order chi connectivity index (χ1) is 17.0. The number of fused-ring (bicyclic) bond motifs is 1. The van der Waals surface area contributed by atoms with E-state index >= 15 is 0 Å². The molecule has 0 radical (unpaired) electrons. The highest BCUT2D eigenvalue weighted by molar-refractivity contribution is 7.22. The molecule has 5 rings (SSSR count). The van der Waals surface area contributed by atoms with Gasteiger partial charge in [0.05, 0.1) is 23.8 Å². The van der Waals surface area contributed by atoms with Gasteiger partial charge in [-0.05, 0) is 36.6 Å². The standard InChI is InChI=1S/C24H22F2N8S/c1-14(27-2)18-12-29-21(26)11-17(18)16-5-3-4-15-10-20(35-23(15)16)22-19(25)13-30-24(32-22)28-6-8-34-9-7-31-33-34/h3-5,7,9-14,27H,6,8H2,1-2H3,(H,28,30,32). The van der Waals surface area contributed by atoms with Crippen LogP contribution in [0.2, 0.25) is 0 Å². The van der Waals surface area contributed by atoms with Gasteiger partial charge in [0.25, 0.3) is 0 Å². The number of hydrogen-bond acceptors (Lipinski definition) is 8. The van der Waals surface area contributed by atoms with Gasteiger partial charge in [-0.1, -0.05) is 23.4 Å². The van der Waals surface area contributed by atoms with Crippen LogP contribution in [-0.2, 0) is 6.54 Å². The van der Waals surface area contributed by atoms with Gasteiger partial charge in [0.2, 0.25) is 11.9 Å². The maximum atomic E-state index is 14.8. The average Bonchev–Trinajstić information content (AvgIpc) is 3.54. The number of nitrogens with zero attached hydrogens (tertiary/aromatic N) is 6. The van der Waals surface area contributed by atoms with Crippen molar-refractivity contribution in [2.24, 2.45) is 0 Å². The Morgan fingerprint density at radius 3 is 2.80 bits per heavy atom. The lowest BCUT2D eigenvalue weighted by atomic mass is 9.97. The molecule has 8 nitrogen and oxygen atoms in total. The number of thiophene rings is 1. The summed E-state index contributed by atoms with van der Waals surface area (Å²) >= 11 is 1.41. The van der Waals surface area contributed by atoms with Gasteiger partial charge in [-0.15, -0.1) is 16.4 Å². The van der Waals surface area contributed by atoms with Crippen LogP contribution in [-0.4, -0.2) is 43.5 Å². The Morgan fingerprint density at radius 2 is 2.00 bits per heavy atom. The molecule has 1 aromatic carbocycles. The van der Waals surface area contributed by atoms with Crippen LogP contribution < -0.4 is 10.6 Å². The van der Waals surface area contributed by atoms with Crippen LogP contribution in [0.4, 0.5) is 14.7 Å².